The van der Waals surface area contributed by atoms with E-state index in [0.29, 0.717) is 0 Å². The number of nitrogens with two attached hydrogens (primary N) is 1. The number of benzene rings is 1. The number of nitrogen functional groups attached to an aromatic ring is 1. The zero-order chi connectivity index (χ0) is 14.9. The number of ether oxygens (including phenoxy) is 1. The second-order valence-electron chi connectivity index (χ2n) is 3.47. The van der Waals surface area contributed by atoms with E-state index >= 15 is 0 Å². The van der Waals surface area contributed by atoms with Crippen LogP contribution in [0.25, 0.3) is 0 Å². The molecular formula is C10H5BrF2N4O3. The van der Waals surface area contributed by atoms with E-state index in [2.05, 4.69) is 25.9 Å². The maximum atomic E-state index is 13.4. The van der Waals surface area contributed by atoms with Gasteiger partial charge in [0.05, 0.1) is 15.6 Å². The standard InChI is InChI=1S/C10H5BrF2N4O3/c11-4-1-7(17(18)19)8(2-5(4)12)20-9-6(13)3-15-10(14)16-9/h1-3H,(H2,14,15,16). The van der Waals surface area contributed by atoms with Gasteiger partial charge in [0.1, 0.15) is 5.82 Å². The highest BCUT2D eigenvalue weighted by molar-refractivity contribution is 9.10. The van der Waals surface area contributed by atoms with Gasteiger partial charge in [0.2, 0.25) is 17.5 Å². The number of nitro benzene ring substituents is 1. The highest BCUT2D eigenvalue weighted by Crippen LogP contribution is 2.35. The quantitative estimate of drug-likeness (QED) is 0.676. The summed E-state index contributed by atoms with van der Waals surface area (Å²) in [7, 11) is 0. The number of anilines is 1. The normalized spacial score (nSPS) is 10.3. The van der Waals surface area contributed by atoms with E-state index in [9.17, 15) is 18.9 Å². The maximum Gasteiger partial charge on any atom is 0.312 e. The summed E-state index contributed by atoms with van der Waals surface area (Å²) in [5, 5.41) is 10.9. The van der Waals surface area contributed by atoms with Crippen molar-refractivity contribution in [2.24, 2.45) is 0 Å². The van der Waals surface area contributed by atoms with Crippen molar-refractivity contribution >= 4 is 27.6 Å². The summed E-state index contributed by atoms with van der Waals surface area (Å²) < 4.78 is 31.6. The van der Waals surface area contributed by atoms with Crippen LogP contribution in [0.15, 0.2) is 22.8 Å². The van der Waals surface area contributed by atoms with Crippen molar-refractivity contribution in [1.29, 1.82) is 0 Å². The van der Waals surface area contributed by atoms with Crippen LogP contribution in [0.4, 0.5) is 20.4 Å². The van der Waals surface area contributed by atoms with Crippen LogP contribution in [0.2, 0.25) is 0 Å². The van der Waals surface area contributed by atoms with Crippen LogP contribution in [0.1, 0.15) is 0 Å². The van der Waals surface area contributed by atoms with Gasteiger partial charge in [0.25, 0.3) is 5.88 Å². The van der Waals surface area contributed by atoms with E-state index in [1.807, 2.05) is 0 Å². The predicted molar refractivity (Wildman–Crippen MR) is 67.2 cm³/mol. The summed E-state index contributed by atoms with van der Waals surface area (Å²) in [6.45, 7) is 0. The molecular weight excluding hydrogens is 342 g/mol. The number of hydrogen-bond donors (Lipinski definition) is 1. The fraction of sp³-hybridized carbons (Fsp3) is 0. The van der Waals surface area contributed by atoms with Crippen molar-refractivity contribution in [3.63, 3.8) is 0 Å². The molecule has 1 heterocycles. The van der Waals surface area contributed by atoms with Gasteiger partial charge in [-0.3, -0.25) is 10.1 Å². The number of hydrogen-bond acceptors (Lipinski definition) is 6. The molecule has 0 fully saturated rings. The Balaban J connectivity index is 2.50. The molecule has 10 heteroatoms. The fourth-order valence-electron chi connectivity index (χ4n) is 1.28. The SMILES string of the molecule is Nc1ncc(F)c(Oc2cc(F)c(Br)cc2[N+](=O)[O-])n1. The zero-order valence-corrected chi connectivity index (χ0v) is 11.1. The molecule has 20 heavy (non-hydrogen) atoms. The molecule has 0 aliphatic heterocycles. The number of nitrogens with zero attached hydrogens (tertiary/aromatic N) is 3. The molecule has 0 radical (unpaired) electrons. The Labute approximate surface area is 118 Å². The van der Waals surface area contributed by atoms with E-state index in [1.54, 1.807) is 0 Å². The zero-order valence-electron chi connectivity index (χ0n) is 9.51. The molecule has 0 unspecified atom stereocenters. The Morgan fingerprint density at radius 3 is 2.70 bits per heavy atom. The van der Waals surface area contributed by atoms with Crippen LogP contribution in [0.5, 0.6) is 11.6 Å². The van der Waals surface area contributed by atoms with Gasteiger partial charge in [-0.05, 0) is 15.9 Å². The molecule has 7 nitrogen and oxygen atoms in total. The third-order valence-electron chi connectivity index (χ3n) is 2.14. The first-order valence-corrected chi connectivity index (χ1v) is 5.77. The molecule has 1 aromatic heterocycles. The summed E-state index contributed by atoms with van der Waals surface area (Å²) in [5.74, 6) is -3.23. The lowest BCUT2D eigenvalue weighted by atomic mass is 10.3. The van der Waals surface area contributed by atoms with Gasteiger partial charge in [-0.25, -0.2) is 9.37 Å². The van der Waals surface area contributed by atoms with Crippen molar-refractivity contribution in [1.82, 2.24) is 9.97 Å². The molecule has 0 amide bonds. The number of aromatic nitrogens is 2. The first-order valence-electron chi connectivity index (χ1n) is 4.98. The summed E-state index contributed by atoms with van der Waals surface area (Å²) in [6.07, 6.45) is 0.735. The highest BCUT2D eigenvalue weighted by atomic mass is 79.9. The van der Waals surface area contributed by atoms with Crippen molar-refractivity contribution in [2.45, 2.75) is 0 Å². The van der Waals surface area contributed by atoms with E-state index in [1.165, 1.54) is 0 Å². The van der Waals surface area contributed by atoms with Crippen molar-refractivity contribution in [3.8, 4) is 11.6 Å². The minimum atomic E-state index is -0.989. The Hall–Kier alpha value is -2.36. The minimum Gasteiger partial charge on any atom is -0.429 e. The lowest BCUT2D eigenvalue weighted by Gasteiger charge is -2.07. The molecule has 0 aliphatic carbocycles. The molecule has 2 rings (SSSR count). The Bertz CT molecular complexity index is 698. The molecule has 0 bridgehead atoms. The van der Waals surface area contributed by atoms with Gasteiger partial charge in [-0.15, -0.1) is 0 Å². The van der Waals surface area contributed by atoms with E-state index in [0.717, 1.165) is 18.3 Å². The summed E-state index contributed by atoms with van der Waals surface area (Å²) >= 11 is 2.81. The number of rotatable bonds is 3. The Morgan fingerprint density at radius 2 is 2.05 bits per heavy atom. The van der Waals surface area contributed by atoms with E-state index < -0.39 is 33.9 Å². The van der Waals surface area contributed by atoms with Crippen LogP contribution in [-0.2, 0) is 0 Å². The van der Waals surface area contributed by atoms with E-state index in [4.69, 9.17) is 10.5 Å². The lowest BCUT2D eigenvalue weighted by molar-refractivity contribution is -0.385. The van der Waals surface area contributed by atoms with Crippen LogP contribution >= 0.6 is 15.9 Å². The Kier molecular flexibility index (Phi) is 3.74. The highest BCUT2D eigenvalue weighted by Gasteiger charge is 2.21. The molecule has 2 aromatic rings. The molecule has 0 atom stereocenters. The first kappa shape index (κ1) is 14.1. The average molecular weight is 347 g/mol. The molecule has 0 saturated heterocycles. The molecule has 1 aromatic carbocycles. The van der Waals surface area contributed by atoms with E-state index in [-0.39, 0.29) is 10.4 Å². The summed E-state index contributed by atoms with van der Waals surface area (Å²) in [6, 6.07) is 1.63. The van der Waals surface area contributed by atoms with Crippen LogP contribution in [0.3, 0.4) is 0 Å². The molecule has 2 N–H and O–H groups in total. The van der Waals surface area contributed by atoms with Crippen molar-refractivity contribution in [3.05, 3.63) is 44.6 Å². The summed E-state index contributed by atoms with van der Waals surface area (Å²) in [4.78, 5) is 16.9. The predicted octanol–water partition coefficient (Wildman–Crippen LogP) is 2.80. The first-order chi connectivity index (χ1) is 9.38. The third kappa shape index (κ3) is 2.79. The number of nitro groups is 1. The second-order valence-corrected chi connectivity index (χ2v) is 4.33. The lowest BCUT2D eigenvalue weighted by Crippen LogP contribution is -2.01. The van der Waals surface area contributed by atoms with Gasteiger partial charge in [-0.1, -0.05) is 0 Å². The van der Waals surface area contributed by atoms with Crippen molar-refractivity contribution < 1.29 is 18.4 Å². The molecule has 0 spiro atoms. The molecule has 0 aliphatic rings. The van der Waals surface area contributed by atoms with Gasteiger partial charge < -0.3 is 10.5 Å². The van der Waals surface area contributed by atoms with Crippen LogP contribution < -0.4 is 10.5 Å². The molecule has 104 valence electrons. The maximum absolute atomic E-state index is 13.4. The van der Waals surface area contributed by atoms with Gasteiger partial charge in [-0.2, -0.15) is 9.37 Å². The third-order valence-corrected chi connectivity index (χ3v) is 2.74. The monoisotopic (exact) mass is 346 g/mol. The van der Waals surface area contributed by atoms with Gasteiger partial charge in [0, 0.05) is 12.1 Å². The van der Waals surface area contributed by atoms with Crippen molar-refractivity contribution in [2.75, 3.05) is 5.73 Å². The number of halogens is 3. The fourth-order valence-corrected chi connectivity index (χ4v) is 1.61. The van der Waals surface area contributed by atoms with Crippen LogP contribution in [0, 0.1) is 21.7 Å². The second kappa shape index (κ2) is 5.33. The van der Waals surface area contributed by atoms with Gasteiger partial charge in [0.15, 0.2) is 0 Å². The average Bonchev–Trinajstić information content (AvgIpc) is 2.37. The minimum absolute atomic E-state index is 0.126. The topological polar surface area (TPSA) is 104 Å². The smallest absolute Gasteiger partial charge is 0.312 e. The Morgan fingerprint density at radius 1 is 1.35 bits per heavy atom. The largest absolute Gasteiger partial charge is 0.429 e. The van der Waals surface area contributed by atoms with Gasteiger partial charge >= 0.3 is 5.69 Å². The summed E-state index contributed by atoms with van der Waals surface area (Å²) in [5.41, 5.74) is 4.69. The van der Waals surface area contributed by atoms with Crippen LogP contribution in [-0.4, -0.2) is 14.9 Å². The molecule has 0 saturated carbocycles.